The van der Waals surface area contributed by atoms with Crippen LogP contribution in [0.1, 0.15) is 18.7 Å². The molecule has 0 spiro atoms. The summed E-state index contributed by atoms with van der Waals surface area (Å²) in [6, 6.07) is 4.41. The van der Waals surface area contributed by atoms with Crippen molar-refractivity contribution in [3.63, 3.8) is 0 Å². The van der Waals surface area contributed by atoms with Crippen molar-refractivity contribution in [2.24, 2.45) is 11.8 Å². The van der Waals surface area contributed by atoms with Crippen LogP contribution in [-0.4, -0.2) is 36.7 Å². The Morgan fingerprint density at radius 2 is 2.28 bits per heavy atom. The molecule has 0 radical (unpaired) electrons. The molecule has 0 amide bonds. The van der Waals surface area contributed by atoms with Crippen molar-refractivity contribution >= 4 is 5.78 Å². The number of nitrogens with one attached hydrogen (secondary N) is 1. The maximum absolute atomic E-state index is 12.9. The van der Waals surface area contributed by atoms with Gasteiger partial charge in [-0.15, -0.1) is 5.10 Å². The molecule has 1 aliphatic carbocycles. The van der Waals surface area contributed by atoms with Gasteiger partial charge in [-0.1, -0.05) is 6.07 Å². The molecule has 1 saturated carbocycles. The third-order valence-electron chi connectivity index (χ3n) is 5.57. The smallest absolute Gasteiger partial charge is 0.283 e. The van der Waals surface area contributed by atoms with Crippen LogP contribution in [0.15, 0.2) is 35.5 Å². The zero-order valence-electron chi connectivity index (χ0n) is 14.1. The van der Waals surface area contributed by atoms with E-state index in [0.29, 0.717) is 29.1 Å². The molecule has 3 atom stereocenters. The number of rotatable bonds is 3. The molecule has 5 rings (SSSR count). The molecule has 4 heterocycles. The van der Waals surface area contributed by atoms with Crippen LogP contribution in [0, 0.1) is 18.8 Å². The molecule has 25 heavy (non-hydrogen) atoms. The van der Waals surface area contributed by atoms with E-state index in [0.717, 1.165) is 24.6 Å². The molecule has 0 aromatic carbocycles. The fourth-order valence-electron chi connectivity index (χ4n) is 4.39. The van der Waals surface area contributed by atoms with Gasteiger partial charge in [-0.2, -0.15) is 9.50 Å². The number of hydrogen-bond acceptors (Lipinski definition) is 5. The quantitative estimate of drug-likeness (QED) is 0.779. The second-order valence-electron chi connectivity index (χ2n) is 7.21. The SMILES string of the molecule is Cc1nc2n(C[C@H]3C[C@H]4C[C@@H]3CN4)cc(-c3cccnc3)c(=O)n2n1. The molecule has 1 aliphatic heterocycles. The van der Waals surface area contributed by atoms with E-state index in [1.54, 1.807) is 12.4 Å². The van der Waals surface area contributed by atoms with Crippen molar-refractivity contribution in [2.75, 3.05) is 6.54 Å². The molecule has 1 N–H and O–H groups in total. The summed E-state index contributed by atoms with van der Waals surface area (Å²) >= 11 is 0. The van der Waals surface area contributed by atoms with Crippen molar-refractivity contribution in [3.05, 3.63) is 46.9 Å². The van der Waals surface area contributed by atoms with Crippen molar-refractivity contribution < 1.29 is 0 Å². The Balaban J connectivity index is 1.64. The summed E-state index contributed by atoms with van der Waals surface area (Å²) < 4.78 is 3.54. The van der Waals surface area contributed by atoms with E-state index in [-0.39, 0.29) is 5.56 Å². The Kier molecular flexibility index (Phi) is 3.24. The van der Waals surface area contributed by atoms with E-state index in [4.69, 9.17) is 0 Å². The van der Waals surface area contributed by atoms with Gasteiger partial charge in [-0.25, -0.2) is 0 Å². The Bertz CT molecular complexity index is 992. The highest BCUT2D eigenvalue weighted by molar-refractivity contribution is 5.61. The van der Waals surface area contributed by atoms with E-state index >= 15 is 0 Å². The van der Waals surface area contributed by atoms with E-state index < -0.39 is 0 Å². The first-order valence-electron chi connectivity index (χ1n) is 8.79. The number of fused-ring (bicyclic) bond motifs is 3. The van der Waals surface area contributed by atoms with Gasteiger partial charge in [0.05, 0.1) is 5.56 Å². The maximum Gasteiger partial charge on any atom is 0.283 e. The maximum atomic E-state index is 12.9. The summed E-state index contributed by atoms with van der Waals surface area (Å²) in [5.74, 6) is 2.58. The molecule has 128 valence electrons. The van der Waals surface area contributed by atoms with Gasteiger partial charge in [0.2, 0.25) is 5.78 Å². The summed E-state index contributed by atoms with van der Waals surface area (Å²) in [4.78, 5) is 21.5. The molecule has 2 aliphatic rings. The van der Waals surface area contributed by atoms with Gasteiger partial charge in [-0.05, 0) is 44.2 Å². The second kappa shape index (κ2) is 5.49. The topological polar surface area (TPSA) is 77.1 Å². The molecular formula is C18H20N6O. The first-order valence-corrected chi connectivity index (χ1v) is 8.79. The largest absolute Gasteiger partial charge is 0.316 e. The van der Waals surface area contributed by atoms with Gasteiger partial charge in [0.25, 0.3) is 5.56 Å². The normalized spacial score (nSPS) is 25.1. The monoisotopic (exact) mass is 336 g/mol. The molecule has 1 saturated heterocycles. The minimum absolute atomic E-state index is 0.144. The fourth-order valence-corrected chi connectivity index (χ4v) is 4.39. The molecule has 2 bridgehead atoms. The number of nitrogens with zero attached hydrogens (tertiary/aromatic N) is 5. The predicted octanol–water partition coefficient (Wildman–Crippen LogP) is 1.26. The van der Waals surface area contributed by atoms with Gasteiger partial charge < -0.3 is 9.88 Å². The zero-order valence-corrected chi connectivity index (χ0v) is 14.1. The number of hydrogen-bond donors (Lipinski definition) is 1. The molecule has 3 aromatic rings. The number of aryl methyl sites for hydroxylation is 1. The first kappa shape index (κ1) is 14.8. The standard InChI is InChI=1S/C18H20N6O/c1-11-21-18-23(9-14-6-15-5-13(14)8-20-15)10-16(17(25)24(18)22-11)12-3-2-4-19-7-12/h2-4,7,10,13-15,20H,5-6,8-9H2,1H3/t13-,14-,15-/m1/s1. The summed E-state index contributed by atoms with van der Waals surface area (Å²) in [5, 5.41) is 7.88. The Labute approximate surface area is 144 Å². The zero-order chi connectivity index (χ0) is 17.0. The number of aromatic nitrogens is 5. The van der Waals surface area contributed by atoms with Crippen LogP contribution in [0.3, 0.4) is 0 Å². The molecule has 7 nitrogen and oxygen atoms in total. The van der Waals surface area contributed by atoms with Crippen LogP contribution in [-0.2, 0) is 6.54 Å². The lowest BCUT2D eigenvalue weighted by atomic mass is 9.95. The Hall–Kier alpha value is -2.54. The van der Waals surface area contributed by atoms with E-state index in [9.17, 15) is 4.79 Å². The minimum Gasteiger partial charge on any atom is -0.316 e. The van der Waals surface area contributed by atoms with Crippen molar-refractivity contribution in [1.82, 2.24) is 29.5 Å². The Morgan fingerprint density at radius 1 is 1.36 bits per heavy atom. The second-order valence-corrected chi connectivity index (χ2v) is 7.21. The van der Waals surface area contributed by atoms with E-state index in [1.165, 1.54) is 17.4 Å². The van der Waals surface area contributed by atoms with Crippen molar-refractivity contribution in [1.29, 1.82) is 0 Å². The molecule has 2 fully saturated rings. The van der Waals surface area contributed by atoms with Crippen LogP contribution in [0.2, 0.25) is 0 Å². The van der Waals surface area contributed by atoms with Gasteiger partial charge in [0.1, 0.15) is 5.82 Å². The highest BCUT2D eigenvalue weighted by Gasteiger charge is 2.39. The van der Waals surface area contributed by atoms with Crippen LogP contribution in [0.5, 0.6) is 0 Å². The molecule has 0 unspecified atom stereocenters. The molecular weight excluding hydrogens is 316 g/mol. The number of pyridine rings is 1. The average molecular weight is 336 g/mol. The minimum atomic E-state index is -0.144. The van der Waals surface area contributed by atoms with Crippen LogP contribution in [0.25, 0.3) is 16.9 Å². The lowest BCUT2D eigenvalue weighted by Gasteiger charge is -2.23. The van der Waals surface area contributed by atoms with Crippen molar-refractivity contribution in [3.8, 4) is 11.1 Å². The lowest BCUT2D eigenvalue weighted by molar-refractivity contribution is 0.312. The lowest BCUT2D eigenvalue weighted by Crippen LogP contribution is -2.32. The Morgan fingerprint density at radius 3 is 3.00 bits per heavy atom. The first-order chi connectivity index (χ1) is 12.2. The third-order valence-corrected chi connectivity index (χ3v) is 5.57. The van der Waals surface area contributed by atoms with Crippen LogP contribution >= 0.6 is 0 Å². The highest BCUT2D eigenvalue weighted by Crippen LogP contribution is 2.37. The van der Waals surface area contributed by atoms with Crippen LogP contribution in [0.4, 0.5) is 0 Å². The number of piperidine rings is 1. The summed E-state index contributed by atoms with van der Waals surface area (Å²) in [6.45, 7) is 3.80. The average Bonchev–Trinajstić information content (AvgIpc) is 3.33. The van der Waals surface area contributed by atoms with Crippen molar-refractivity contribution in [2.45, 2.75) is 32.4 Å². The highest BCUT2D eigenvalue weighted by atomic mass is 16.1. The molecule has 3 aromatic heterocycles. The van der Waals surface area contributed by atoms with Gasteiger partial charge in [0.15, 0.2) is 0 Å². The van der Waals surface area contributed by atoms with Gasteiger partial charge in [0, 0.05) is 36.7 Å². The summed E-state index contributed by atoms with van der Waals surface area (Å²) in [6.07, 6.45) is 7.82. The predicted molar refractivity (Wildman–Crippen MR) is 93.2 cm³/mol. The fraction of sp³-hybridized carbons (Fsp3) is 0.444. The van der Waals surface area contributed by atoms with E-state index in [1.807, 2.05) is 25.3 Å². The van der Waals surface area contributed by atoms with Crippen LogP contribution < -0.4 is 10.9 Å². The summed E-state index contributed by atoms with van der Waals surface area (Å²) in [5.41, 5.74) is 1.28. The molecule has 7 heteroatoms. The summed E-state index contributed by atoms with van der Waals surface area (Å²) in [7, 11) is 0. The van der Waals surface area contributed by atoms with Gasteiger partial charge >= 0.3 is 0 Å². The van der Waals surface area contributed by atoms with E-state index in [2.05, 4.69) is 25.0 Å². The van der Waals surface area contributed by atoms with Gasteiger partial charge in [-0.3, -0.25) is 9.78 Å². The third kappa shape index (κ3) is 2.38.